The molecule has 7 rings (SSSR count). The molecule has 1 aromatic rings. The molecule has 5 N–H and O–H groups in total. The van der Waals surface area contributed by atoms with Gasteiger partial charge in [-0.25, -0.2) is 8.96 Å². The minimum absolute atomic E-state index is 0.0153. The van der Waals surface area contributed by atoms with E-state index in [2.05, 4.69) is 5.32 Å². The molecule has 56 heavy (non-hydrogen) atoms. The van der Waals surface area contributed by atoms with Gasteiger partial charge in [-0.3, -0.25) is 19.4 Å². The number of β-amino-alcohol motifs (C(OH)–C–C–N with tert-alkyl or cyclic N) is 1. The fourth-order valence-corrected chi connectivity index (χ4v) is 13.4. The van der Waals surface area contributed by atoms with Gasteiger partial charge in [0.1, 0.15) is 11.5 Å². The SMILES string of the molecule is C[S+](CC(=O)[C@@]12O[C@H](C3CCCCC3)O[C@@H]1C[C@H]1[C@@H]3CCC4=CC(=O)C=C[C@]4(C)[C@@]3(F)[C@@H](O)C[C@@]12C)Cc1cc(C(O)CNC(C)(C)C)ccc1OP(=O)(O)O. The van der Waals surface area contributed by atoms with Crippen molar-refractivity contribution in [3.05, 3.63) is 53.1 Å². The van der Waals surface area contributed by atoms with Gasteiger partial charge in [0.2, 0.25) is 5.78 Å². The van der Waals surface area contributed by atoms with E-state index in [1.165, 1.54) is 18.2 Å². The number of aliphatic hydroxyl groups is 2. The molecule has 0 amide bonds. The first-order chi connectivity index (χ1) is 26.1. The van der Waals surface area contributed by atoms with Gasteiger partial charge in [0.15, 0.2) is 29.1 Å². The Morgan fingerprint density at radius 3 is 2.54 bits per heavy atom. The molecule has 0 spiro atoms. The number of carbonyl (C=O) groups excluding carboxylic acids is 2. The monoisotopic (exact) mass is 820 g/mol. The Bertz CT molecular complexity index is 1820. The van der Waals surface area contributed by atoms with Gasteiger partial charge >= 0.3 is 7.82 Å². The summed E-state index contributed by atoms with van der Waals surface area (Å²) in [4.78, 5) is 47.1. The molecule has 5 aliphatic carbocycles. The summed E-state index contributed by atoms with van der Waals surface area (Å²) < 4.78 is 49.0. The lowest BCUT2D eigenvalue weighted by molar-refractivity contribution is -0.234. The van der Waals surface area contributed by atoms with Crippen LogP contribution in [0.25, 0.3) is 0 Å². The fourth-order valence-electron chi connectivity index (χ4n) is 11.4. The van der Waals surface area contributed by atoms with Crippen LogP contribution in [-0.2, 0) is 40.3 Å². The third kappa shape index (κ3) is 7.23. The minimum atomic E-state index is -4.93. The van der Waals surface area contributed by atoms with Crippen LogP contribution in [0.5, 0.6) is 5.75 Å². The highest BCUT2D eigenvalue weighted by Crippen LogP contribution is 2.72. The van der Waals surface area contributed by atoms with Crippen LogP contribution in [-0.4, -0.2) is 85.4 Å². The van der Waals surface area contributed by atoms with Gasteiger partial charge in [0.25, 0.3) is 0 Å². The summed E-state index contributed by atoms with van der Waals surface area (Å²) in [5.74, 6) is -0.951. The second kappa shape index (κ2) is 15.0. The van der Waals surface area contributed by atoms with Crippen molar-refractivity contribution in [1.82, 2.24) is 5.32 Å². The first-order valence-corrected chi connectivity index (χ1v) is 23.7. The molecule has 1 aliphatic heterocycles. The molecule has 0 radical (unpaired) electrons. The van der Waals surface area contributed by atoms with Gasteiger partial charge in [-0.15, -0.1) is 0 Å². The number of hydrogen-bond donors (Lipinski definition) is 5. The minimum Gasteiger partial charge on any atom is -0.404 e. The molecule has 4 saturated carbocycles. The molecule has 14 heteroatoms. The lowest BCUT2D eigenvalue weighted by Crippen LogP contribution is -2.70. The van der Waals surface area contributed by atoms with E-state index in [0.29, 0.717) is 36.0 Å². The maximum absolute atomic E-state index is 18.0. The Labute approximate surface area is 332 Å². The zero-order valence-electron chi connectivity index (χ0n) is 33.5. The number of halogens is 1. The van der Waals surface area contributed by atoms with Crippen molar-refractivity contribution in [1.29, 1.82) is 0 Å². The van der Waals surface area contributed by atoms with Gasteiger partial charge in [-0.2, -0.15) is 0 Å². The lowest BCUT2D eigenvalue weighted by Gasteiger charge is -2.62. The third-order valence-electron chi connectivity index (χ3n) is 14.1. The van der Waals surface area contributed by atoms with Crippen molar-refractivity contribution in [2.24, 2.45) is 28.6 Å². The molecule has 5 fully saturated rings. The van der Waals surface area contributed by atoms with Crippen LogP contribution in [0.4, 0.5) is 4.39 Å². The second-order valence-corrected chi connectivity index (χ2v) is 22.1. The molecule has 0 aromatic heterocycles. The summed E-state index contributed by atoms with van der Waals surface area (Å²) in [6, 6.07) is 4.69. The molecule has 11 nitrogen and oxygen atoms in total. The maximum atomic E-state index is 18.0. The van der Waals surface area contributed by atoms with Gasteiger partial charge in [-0.05, 0) is 113 Å². The first-order valence-electron chi connectivity index (χ1n) is 20.2. The molecular weight excluding hydrogens is 760 g/mol. The van der Waals surface area contributed by atoms with Crippen molar-refractivity contribution < 1.29 is 52.5 Å². The van der Waals surface area contributed by atoms with E-state index >= 15 is 9.18 Å². The number of rotatable bonds is 11. The van der Waals surface area contributed by atoms with E-state index in [9.17, 15) is 29.4 Å². The Balaban J connectivity index is 1.20. The highest BCUT2D eigenvalue weighted by Gasteiger charge is 2.80. The molecule has 310 valence electrons. The Morgan fingerprint density at radius 1 is 1.14 bits per heavy atom. The first kappa shape index (κ1) is 42.2. The number of fused-ring (bicyclic) bond motifs is 7. The fraction of sp³-hybridized carbons (Fsp3) is 0.714. The summed E-state index contributed by atoms with van der Waals surface area (Å²) in [6.07, 6.45) is 9.29. The molecule has 1 saturated heterocycles. The molecule has 2 unspecified atom stereocenters. The van der Waals surface area contributed by atoms with E-state index in [1.54, 1.807) is 25.1 Å². The number of phosphoric acid groups is 1. The van der Waals surface area contributed by atoms with Crippen molar-refractivity contribution in [3.8, 4) is 5.75 Å². The highest BCUT2D eigenvalue weighted by molar-refractivity contribution is 7.96. The molecular formula is C42H60FNO10PS+. The van der Waals surface area contributed by atoms with Crippen molar-refractivity contribution in [3.63, 3.8) is 0 Å². The number of nitrogens with one attached hydrogen (secondary N) is 1. The lowest BCUT2D eigenvalue weighted by atomic mass is 9.44. The average molecular weight is 821 g/mol. The average Bonchev–Trinajstić information content (AvgIpc) is 3.62. The van der Waals surface area contributed by atoms with Crippen LogP contribution >= 0.6 is 7.82 Å². The summed E-state index contributed by atoms with van der Waals surface area (Å²) in [7, 11) is -5.66. The van der Waals surface area contributed by atoms with Crippen LogP contribution in [0.1, 0.15) is 110 Å². The number of phosphoric ester groups is 1. The predicted octanol–water partition coefficient (Wildman–Crippen LogP) is 5.94. The highest BCUT2D eigenvalue weighted by atomic mass is 32.2. The van der Waals surface area contributed by atoms with Crippen molar-refractivity contribution in [2.45, 2.75) is 140 Å². The maximum Gasteiger partial charge on any atom is 0.524 e. The van der Waals surface area contributed by atoms with Crippen LogP contribution in [0, 0.1) is 28.6 Å². The number of alkyl halides is 1. The molecule has 11 atom stereocenters. The number of ketones is 2. The quantitative estimate of drug-likeness (QED) is 0.132. The second-order valence-electron chi connectivity index (χ2n) is 18.8. The van der Waals surface area contributed by atoms with Gasteiger partial charge < -0.3 is 29.5 Å². The van der Waals surface area contributed by atoms with Gasteiger partial charge in [-0.1, -0.05) is 43.9 Å². The zero-order chi connectivity index (χ0) is 40.6. The van der Waals surface area contributed by atoms with E-state index in [1.807, 2.05) is 34.0 Å². The van der Waals surface area contributed by atoms with E-state index < -0.39 is 71.3 Å². The molecule has 6 aliphatic rings. The van der Waals surface area contributed by atoms with Crippen LogP contribution < -0.4 is 9.84 Å². The summed E-state index contributed by atoms with van der Waals surface area (Å²) in [5.41, 5.74) is -4.21. The predicted molar refractivity (Wildman–Crippen MR) is 211 cm³/mol. The summed E-state index contributed by atoms with van der Waals surface area (Å²) in [5, 5.41) is 26.4. The van der Waals surface area contributed by atoms with Crippen LogP contribution in [0.15, 0.2) is 42.0 Å². The van der Waals surface area contributed by atoms with E-state index in [4.69, 9.17) is 14.0 Å². The van der Waals surface area contributed by atoms with Crippen molar-refractivity contribution in [2.75, 3.05) is 18.6 Å². The number of carbonyl (C=O) groups is 2. The van der Waals surface area contributed by atoms with Crippen LogP contribution in [0.2, 0.25) is 0 Å². The number of ether oxygens (including phenoxy) is 2. The number of Topliss-reactive ketones (excluding diaryl/α,β-unsaturated/α-hetero) is 1. The zero-order valence-corrected chi connectivity index (χ0v) is 35.2. The Hall–Kier alpha value is -1.93. The smallest absolute Gasteiger partial charge is 0.404 e. The number of allylic oxidation sites excluding steroid dienone is 4. The normalized spacial score (nSPS) is 38.2. The van der Waals surface area contributed by atoms with E-state index in [0.717, 1.165) is 32.1 Å². The topological polar surface area (TPSA) is 172 Å². The largest absolute Gasteiger partial charge is 0.524 e. The third-order valence-corrected chi connectivity index (χ3v) is 16.1. The molecule has 1 aromatic carbocycles. The standard InChI is InChI=1S/C42H59FNO10PS/c1-38(2,3)44-22-32(46)26-12-15-33(54-55(49,50)51)27(18-26)23-56(6)24-35(48)42-36(52-37(53-42)25-10-8-7-9-11-25)20-31-30-14-13-28-19-29(45)16-17-39(28,4)41(30,43)34(47)21-40(31,42)5/h12,15-19,25,30-32,34,36-37,44,46-47H,7-11,13-14,20-24H2,1-6H3,(H-,49,50,51)/p+1/t30-,31-,32?,34-,36+,37+,39-,40-,41-,42+,56?/m0/s1. The molecule has 0 bridgehead atoms. The number of hydrogen-bond acceptors (Lipinski definition) is 9. The molecule has 1 heterocycles. The summed E-state index contributed by atoms with van der Waals surface area (Å²) >= 11 is 0. The van der Waals surface area contributed by atoms with E-state index in [-0.39, 0.29) is 59.2 Å². The number of aliphatic hydroxyl groups excluding tert-OH is 2. The number of benzene rings is 1. The van der Waals surface area contributed by atoms with Crippen molar-refractivity contribution >= 4 is 30.3 Å². The summed E-state index contributed by atoms with van der Waals surface area (Å²) in [6.45, 7) is 9.96. The Kier molecular flexibility index (Phi) is 11.3. The van der Waals surface area contributed by atoms with Gasteiger partial charge in [0.05, 0.1) is 24.6 Å². The van der Waals surface area contributed by atoms with Crippen LogP contribution in [0.3, 0.4) is 0 Å². The van der Waals surface area contributed by atoms with Gasteiger partial charge in [0, 0.05) is 40.3 Å². The Morgan fingerprint density at radius 2 is 1.86 bits per heavy atom.